The summed E-state index contributed by atoms with van der Waals surface area (Å²) in [6.07, 6.45) is 1.09. The summed E-state index contributed by atoms with van der Waals surface area (Å²) >= 11 is 0. The first-order valence-electron chi connectivity index (χ1n) is 6.20. The summed E-state index contributed by atoms with van der Waals surface area (Å²) in [5, 5.41) is 0. The van der Waals surface area contributed by atoms with Gasteiger partial charge in [0.15, 0.2) is 0 Å². The number of rotatable bonds is 4. The van der Waals surface area contributed by atoms with Crippen molar-refractivity contribution in [3.05, 3.63) is 78.7 Å². The predicted octanol–water partition coefficient (Wildman–Crippen LogP) is 4.68. The van der Waals surface area contributed by atoms with Crippen LogP contribution >= 0.6 is 0 Å². The zero-order valence-corrected chi connectivity index (χ0v) is 10.3. The summed E-state index contributed by atoms with van der Waals surface area (Å²) in [4.78, 5) is 0. The van der Waals surface area contributed by atoms with E-state index in [1.807, 2.05) is 0 Å². The molecule has 2 aromatic carbocycles. The second kappa shape index (κ2) is 5.67. The molecule has 0 heteroatoms. The highest BCUT2D eigenvalue weighted by atomic mass is 14.2. The van der Waals surface area contributed by atoms with Gasteiger partial charge in [0.25, 0.3) is 0 Å². The maximum Gasteiger partial charge on any atom is 0.00918 e. The first kappa shape index (κ1) is 11.9. The second-order valence-corrected chi connectivity index (χ2v) is 4.71. The van der Waals surface area contributed by atoms with Crippen LogP contribution in [0.15, 0.2) is 60.7 Å². The van der Waals surface area contributed by atoms with E-state index in [1.165, 1.54) is 11.1 Å². The van der Waals surface area contributed by atoms with Crippen LogP contribution in [-0.4, -0.2) is 0 Å². The van der Waals surface area contributed by atoms with Gasteiger partial charge in [-0.25, -0.2) is 0 Å². The third kappa shape index (κ3) is 3.20. The summed E-state index contributed by atoms with van der Waals surface area (Å²) in [5.74, 6) is 0.922. The first-order chi connectivity index (χ1) is 8.27. The molecule has 87 valence electrons. The fourth-order valence-electron chi connectivity index (χ4n) is 2.24. The van der Waals surface area contributed by atoms with Crippen molar-refractivity contribution in [2.75, 3.05) is 0 Å². The van der Waals surface area contributed by atoms with Crippen molar-refractivity contribution in [3.63, 3.8) is 0 Å². The Balaban J connectivity index is 2.32. The van der Waals surface area contributed by atoms with E-state index in [-0.39, 0.29) is 0 Å². The van der Waals surface area contributed by atoms with Gasteiger partial charge in [-0.1, -0.05) is 74.5 Å². The van der Waals surface area contributed by atoms with E-state index in [0.29, 0.717) is 11.8 Å². The van der Waals surface area contributed by atoms with Crippen LogP contribution in [0.5, 0.6) is 0 Å². The van der Waals surface area contributed by atoms with Crippen LogP contribution in [-0.2, 0) is 0 Å². The molecular formula is C17H19. The highest BCUT2D eigenvalue weighted by molar-refractivity contribution is 5.32. The molecule has 0 aliphatic heterocycles. The van der Waals surface area contributed by atoms with E-state index >= 15 is 0 Å². The summed E-state index contributed by atoms with van der Waals surface area (Å²) in [5.41, 5.74) is 2.77. The van der Waals surface area contributed by atoms with Crippen LogP contribution in [0.3, 0.4) is 0 Å². The molecule has 0 aliphatic rings. The zero-order chi connectivity index (χ0) is 12.1. The smallest absolute Gasteiger partial charge is 0.00918 e. The second-order valence-electron chi connectivity index (χ2n) is 4.71. The van der Waals surface area contributed by atoms with Crippen molar-refractivity contribution in [3.8, 4) is 0 Å². The highest BCUT2D eigenvalue weighted by Crippen LogP contribution is 2.30. The monoisotopic (exact) mass is 223 g/mol. The van der Waals surface area contributed by atoms with Gasteiger partial charge < -0.3 is 0 Å². The molecule has 0 fully saturated rings. The van der Waals surface area contributed by atoms with E-state index in [2.05, 4.69) is 74.5 Å². The molecule has 1 unspecified atom stereocenters. The fraction of sp³-hybridized carbons (Fsp3) is 0.235. The maximum atomic E-state index is 4.13. The quantitative estimate of drug-likeness (QED) is 0.706. The molecule has 0 spiro atoms. The lowest BCUT2D eigenvalue weighted by Gasteiger charge is -2.20. The van der Waals surface area contributed by atoms with E-state index in [0.717, 1.165) is 6.42 Å². The molecule has 0 heterocycles. The lowest BCUT2D eigenvalue weighted by Crippen LogP contribution is -2.04. The molecule has 0 N–H and O–H groups in total. The van der Waals surface area contributed by atoms with E-state index < -0.39 is 0 Å². The van der Waals surface area contributed by atoms with E-state index in [4.69, 9.17) is 0 Å². The summed E-state index contributed by atoms with van der Waals surface area (Å²) in [7, 11) is 0. The minimum Gasteiger partial charge on any atom is -0.0625 e. The van der Waals surface area contributed by atoms with E-state index in [1.54, 1.807) is 0 Å². The van der Waals surface area contributed by atoms with Gasteiger partial charge in [0.1, 0.15) is 0 Å². The normalized spacial score (nSPS) is 11.1. The Morgan fingerprint density at radius 1 is 0.824 bits per heavy atom. The zero-order valence-electron chi connectivity index (χ0n) is 10.3. The SMILES string of the molecule is [CH2]C(C)CC(c1ccccc1)c1ccccc1. The van der Waals surface area contributed by atoms with Crippen molar-refractivity contribution in [2.24, 2.45) is 5.92 Å². The Morgan fingerprint density at radius 2 is 1.24 bits per heavy atom. The lowest BCUT2D eigenvalue weighted by molar-refractivity contribution is 0.587. The van der Waals surface area contributed by atoms with Crippen LogP contribution in [0.2, 0.25) is 0 Å². The topological polar surface area (TPSA) is 0 Å². The van der Waals surface area contributed by atoms with Gasteiger partial charge in [0.2, 0.25) is 0 Å². The molecule has 17 heavy (non-hydrogen) atoms. The Kier molecular flexibility index (Phi) is 3.98. The Hall–Kier alpha value is -1.56. The first-order valence-corrected chi connectivity index (χ1v) is 6.20. The molecular weight excluding hydrogens is 204 g/mol. The average Bonchev–Trinajstić information content (AvgIpc) is 2.38. The molecule has 0 saturated heterocycles. The molecule has 0 amide bonds. The molecule has 1 radical (unpaired) electrons. The third-order valence-electron chi connectivity index (χ3n) is 3.04. The molecule has 0 saturated carbocycles. The summed E-state index contributed by atoms with van der Waals surface area (Å²) in [6, 6.07) is 21.4. The maximum absolute atomic E-state index is 4.13. The largest absolute Gasteiger partial charge is 0.0625 e. The molecule has 0 bridgehead atoms. The molecule has 1 atom stereocenters. The summed E-state index contributed by atoms with van der Waals surface area (Å²) < 4.78 is 0. The fourth-order valence-corrected chi connectivity index (χ4v) is 2.24. The third-order valence-corrected chi connectivity index (χ3v) is 3.04. The lowest BCUT2D eigenvalue weighted by atomic mass is 9.85. The Bertz CT molecular complexity index is 389. The van der Waals surface area contributed by atoms with Crippen LogP contribution in [0, 0.1) is 12.8 Å². The predicted molar refractivity (Wildman–Crippen MR) is 73.9 cm³/mol. The highest BCUT2D eigenvalue weighted by Gasteiger charge is 2.14. The Labute approximate surface area is 104 Å². The van der Waals surface area contributed by atoms with Crippen LogP contribution < -0.4 is 0 Å². The number of hydrogen-bond donors (Lipinski definition) is 0. The van der Waals surface area contributed by atoms with Crippen LogP contribution in [0.4, 0.5) is 0 Å². The minimum atomic E-state index is 0.459. The number of hydrogen-bond acceptors (Lipinski definition) is 0. The molecule has 2 rings (SSSR count). The number of benzene rings is 2. The minimum absolute atomic E-state index is 0.459. The molecule has 0 aromatic heterocycles. The standard InChI is InChI=1S/C17H19/c1-14(2)13-17(15-9-5-3-6-10-15)16-11-7-4-8-12-16/h3-12,14,17H,1,13H2,2H3. The van der Waals surface area contributed by atoms with E-state index in [9.17, 15) is 0 Å². The van der Waals surface area contributed by atoms with Gasteiger partial charge in [-0.2, -0.15) is 0 Å². The Morgan fingerprint density at radius 3 is 1.59 bits per heavy atom. The van der Waals surface area contributed by atoms with Crippen molar-refractivity contribution in [1.29, 1.82) is 0 Å². The summed E-state index contributed by atoms with van der Waals surface area (Å²) in [6.45, 7) is 6.31. The van der Waals surface area contributed by atoms with Gasteiger partial charge in [-0.05, 0) is 23.5 Å². The van der Waals surface area contributed by atoms with Crippen LogP contribution in [0.1, 0.15) is 30.4 Å². The van der Waals surface area contributed by atoms with Crippen molar-refractivity contribution in [1.82, 2.24) is 0 Å². The van der Waals surface area contributed by atoms with Crippen molar-refractivity contribution >= 4 is 0 Å². The average molecular weight is 223 g/mol. The van der Waals surface area contributed by atoms with Gasteiger partial charge >= 0.3 is 0 Å². The van der Waals surface area contributed by atoms with Crippen LogP contribution in [0.25, 0.3) is 0 Å². The van der Waals surface area contributed by atoms with Crippen molar-refractivity contribution in [2.45, 2.75) is 19.3 Å². The van der Waals surface area contributed by atoms with Gasteiger partial charge in [-0.3, -0.25) is 0 Å². The van der Waals surface area contributed by atoms with Gasteiger partial charge in [0, 0.05) is 5.92 Å². The van der Waals surface area contributed by atoms with Gasteiger partial charge in [0.05, 0.1) is 0 Å². The molecule has 2 aromatic rings. The molecule has 0 nitrogen and oxygen atoms in total. The van der Waals surface area contributed by atoms with Gasteiger partial charge in [-0.15, -0.1) is 0 Å². The molecule has 0 aliphatic carbocycles. The van der Waals surface area contributed by atoms with Crippen molar-refractivity contribution < 1.29 is 0 Å².